The lowest BCUT2D eigenvalue weighted by Crippen LogP contribution is -2.26. The second kappa shape index (κ2) is 7.30. The molecule has 2 heterocycles. The second-order valence-electron chi connectivity index (χ2n) is 5.74. The molecule has 0 radical (unpaired) electrons. The highest BCUT2D eigenvalue weighted by atomic mass is 19.1. The Morgan fingerprint density at radius 2 is 2.04 bits per heavy atom. The van der Waals surface area contributed by atoms with E-state index in [0.29, 0.717) is 16.8 Å². The first-order valence-electron chi connectivity index (χ1n) is 8.24. The van der Waals surface area contributed by atoms with Crippen molar-refractivity contribution < 1.29 is 13.9 Å². The summed E-state index contributed by atoms with van der Waals surface area (Å²) in [6.07, 6.45) is 4.43. The lowest BCUT2D eigenvalue weighted by molar-refractivity contribution is 0.0523. The largest absolute Gasteiger partial charge is 0.462 e. The highest BCUT2D eigenvalue weighted by molar-refractivity contribution is 5.89. The zero-order chi connectivity index (χ0) is 19.6. The standard InChI is InChI=1S/C20H16FN3O3/c1-3-9-23-11-17(20(26)27-4-2)19(25)24-12-16(15(10-22)18(23)24)13-5-7-14(21)8-6-13/h3,5-8,11-12H,1,4,9H2,2H3. The molecule has 0 saturated carbocycles. The van der Waals surface area contributed by atoms with E-state index in [1.165, 1.54) is 41.1 Å². The predicted molar refractivity (Wildman–Crippen MR) is 97.9 cm³/mol. The van der Waals surface area contributed by atoms with E-state index in [1.807, 2.05) is 0 Å². The van der Waals surface area contributed by atoms with E-state index >= 15 is 0 Å². The number of hydrogen-bond donors (Lipinski definition) is 0. The Morgan fingerprint density at radius 3 is 2.63 bits per heavy atom. The van der Waals surface area contributed by atoms with E-state index < -0.39 is 17.3 Å². The summed E-state index contributed by atoms with van der Waals surface area (Å²) >= 11 is 0. The van der Waals surface area contributed by atoms with Gasteiger partial charge in [0, 0.05) is 24.5 Å². The molecule has 0 bridgehead atoms. The van der Waals surface area contributed by atoms with Crippen LogP contribution in [0.5, 0.6) is 0 Å². The molecule has 0 atom stereocenters. The Balaban J connectivity index is 2.37. The number of carbonyl (C=O) groups is 1. The fraction of sp³-hybridized carbons (Fsp3) is 0.150. The number of rotatable bonds is 5. The molecule has 1 aromatic carbocycles. The number of halogens is 1. The van der Waals surface area contributed by atoms with Crippen LogP contribution >= 0.6 is 0 Å². The molecule has 27 heavy (non-hydrogen) atoms. The van der Waals surface area contributed by atoms with Crippen molar-refractivity contribution in [1.82, 2.24) is 8.97 Å². The van der Waals surface area contributed by atoms with Gasteiger partial charge in [-0.05, 0) is 24.6 Å². The van der Waals surface area contributed by atoms with Gasteiger partial charge >= 0.3 is 5.97 Å². The molecule has 2 aromatic heterocycles. The molecule has 0 aliphatic carbocycles. The maximum absolute atomic E-state index is 13.2. The summed E-state index contributed by atoms with van der Waals surface area (Å²) in [4.78, 5) is 25.0. The maximum Gasteiger partial charge on any atom is 0.345 e. The van der Waals surface area contributed by atoms with Crippen molar-refractivity contribution >= 4 is 11.6 Å². The minimum absolute atomic E-state index is 0.133. The van der Waals surface area contributed by atoms with Gasteiger partial charge in [-0.2, -0.15) is 5.26 Å². The van der Waals surface area contributed by atoms with Gasteiger partial charge in [0.1, 0.15) is 28.7 Å². The van der Waals surface area contributed by atoms with Crippen LogP contribution in [0.3, 0.4) is 0 Å². The van der Waals surface area contributed by atoms with Crippen molar-refractivity contribution in [1.29, 1.82) is 5.26 Å². The summed E-state index contributed by atoms with van der Waals surface area (Å²) in [7, 11) is 0. The van der Waals surface area contributed by atoms with Crippen LogP contribution < -0.4 is 5.56 Å². The average molecular weight is 365 g/mol. The molecule has 0 aliphatic rings. The number of fused-ring (bicyclic) bond motifs is 1. The van der Waals surface area contributed by atoms with Crippen LogP contribution in [0.1, 0.15) is 22.8 Å². The monoisotopic (exact) mass is 365 g/mol. The van der Waals surface area contributed by atoms with Gasteiger partial charge in [0.2, 0.25) is 0 Å². The van der Waals surface area contributed by atoms with Crippen molar-refractivity contribution in [3.05, 3.63) is 76.6 Å². The summed E-state index contributed by atoms with van der Waals surface area (Å²) in [6, 6.07) is 7.71. The Hall–Kier alpha value is -3.66. The van der Waals surface area contributed by atoms with Crippen LogP contribution in [0, 0.1) is 17.1 Å². The summed E-state index contributed by atoms with van der Waals surface area (Å²) in [5, 5.41) is 9.70. The van der Waals surface area contributed by atoms with Crippen LogP contribution in [0.2, 0.25) is 0 Å². The lowest BCUT2D eigenvalue weighted by Gasteiger charge is -2.10. The number of ether oxygens (including phenoxy) is 1. The maximum atomic E-state index is 13.2. The number of benzene rings is 1. The van der Waals surface area contributed by atoms with E-state index in [2.05, 4.69) is 12.6 Å². The fourth-order valence-electron chi connectivity index (χ4n) is 2.92. The number of hydrogen-bond acceptors (Lipinski definition) is 4. The summed E-state index contributed by atoms with van der Waals surface area (Å²) in [5.41, 5.74) is 0.892. The van der Waals surface area contributed by atoms with E-state index in [4.69, 9.17) is 4.74 Å². The van der Waals surface area contributed by atoms with E-state index in [9.17, 15) is 19.2 Å². The van der Waals surface area contributed by atoms with Gasteiger partial charge in [0.15, 0.2) is 0 Å². The molecule has 6 nitrogen and oxygen atoms in total. The molecular formula is C20H16FN3O3. The Kier molecular flexibility index (Phi) is 4.90. The molecule has 7 heteroatoms. The molecule has 3 rings (SSSR count). The molecule has 136 valence electrons. The highest BCUT2D eigenvalue weighted by Gasteiger charge is 2.21. The topological polar surface area (TPSA) is 76.5 Å². The van der Waals surface area contributed by atoms with Crippen LogP contribution in [-0.2, 0) is 11.3 Å². The van der Waals surface area contributed by atoms with E-state index in [0.717, 1.165) is 0 Å². The number of nitrogens with zero attached hydrogens (tertiary/aromatic N) is 3. The van der Waals surface area contributed by atoms with Crippen molar-refractivity contribution in [3.8, 4) is 17.2 Å². The number of aromatic nitrogens is 2. The fourth-order valence-corrected chi connectivity index (χ4v) is 2.92. The third-order valence-electron chi connectivity index (χ3n) is 4.07. The van der Waals surface area contributed by atoms with Crippen LogP contribution in [-0.4, -0.2) is 21.5 Å². The van der Waals surface area contributed by atoms with Gasteiger partial charge < -0.3 is 9.30 Å². The van der Waals surface area contributed by atoms with Crippen molar-refractivity contribution in [2.45, 2.75) is 13.5 Å². The van der Waals surface area contributed by atoms with Gasteiger partial charge in [-0.3, -0.25) is 9.20 Å². The lowest BCUT2D eigenvalue weighted by atomic mass is 10.1. The van der Waals surface area contributed by atoms with Crippen LogP contribution in [0.4, 0.5) is 4.39 Å². The Morgan fingerprint density at radius 1 is 1.33 bits per heavy atom. The number of allylic oxidation sites excluding steroid dienone is 1. The number of nitriles is 1. The molecule has 0 amide bonds. The Labute approximate surface area is 154 Å². The van der Waals surface area contributed by atoms with Gasteiger partial charge in [-0.1, -0.05) is 18.2 Å². The first-order valence-corrected chi connectivity index (χ1v) is 8.24. The molecule has 0 fully saturated rings. The Bertz CT molecular complexity index is 1130. The molecule has 0 aliphatic heterocycles. The molecule has 0 saturated heterocycles. The minimum Gasteiger partial charge on any atom is -0.462 e. The van der Waals surface area contributed by atoms with E-state index in [-0.39, 0.29) is 24.3 Å². The van der Waals surface area contributed by atoms with Gasteiger partial charge in [-0.25, -0.2) is 9.18 Å². The van der Waals surface area contributed by atoms with Crippen molar-refractivity contribution in [2.75, 3.05) is 6.61 Å². The first kappa shape index (κ1) is 18.1. The predicted octanol–water partition coefficient (Wildman–Crippen LogP) is 3.14. The first-order chi connectivity index (χ1) is 13.0. The quantitative estimate of drug-likeness (QED) is 0.514. The number of carbonyl (C=O) groups excluding carboxylic acids is 1. The third kappa shape index (κ3) is 3.13. The highest BCUT2D eigenvalue weighted by Crippen LogP contribution is 2.28. The average Bonchev–Trinajstić information content (AvgIpc) is 3.05. The normalized spacial score (nSPS) is 10.6. The summed E-state index contributed by atoms with van der Waals surface area (Å²) < 4.78 is 21.0. The van der Waals surface area contributed by atoms with Gasteiger partial charge in [0.05, 0.1) is 6.61 Å². The molecule has 0 unspecified atom stereocenters. The molecule has 0 spiro atoms. The van der Waals surface area contributed by atoms with Crippen LogP contribution in [0.25, 0.3) is 16.8 Å². The smallest absolute Gasteiger partial charge is 0.345 e. The summed E-state index contributed by atoms with van der Waals surface area (Å²) in [6.45, 7) is 5.73. The van der Waals surface area contributed by atoms with Crippen LogP contribution in [0.15, 0.2) is 54.1 Å². The minimum atomic E-state index is -0.738. The van der Waals surface area contributed by atoms with Gasteiger partial charge in [-0.15, -0.1) is 6.58 Å². The summed E-state index contributed by atoms with van der Waals surface area (Å²) in [5.74, 6) is -1.14. The van der Waals surface area contributed by atoms with Gasteiger partial charge in [0.25, 0.3) is 5.56 Å². The van der Waals surface area contributed by atoms with Crippen molar-refractivity contribution in [3.63, 3.8) is 0 Å². The zero-order valence-electron chi connectivity index (χ0n) is 14.6. The van der Waals surface area contributed by atoms with E-state index in [1.54, 1.807) is 17.6 Å². The SMILES string of the molecule is C=CCn1cc(C(=O)OCC)c(=O)n2cc(-c3ccc(F)cc3)c(C#N)c12. The zero-order valence-corrected chi connectivity index (χ0v) is 14.6. The third-order valence-corrected chi connectivity index (χ3v) is 4.07. The second-order valence-corrected chi connectivity index (χ2v) is 5.74. The van der Waals surface area contributed by atoms with Crippen molar-refractivity contribution in [2.24, 2.45) is 0 Å². The molecule has 3 aromatic rings. The molecular weight excluding hydrogens is 349 g/mol. The number of esters is 1. The molecule has 0 N–H and O–H groups in total.